The predicted molar refractivity (Wildman–Crippen MR) is 89.5 cm³/mol. The minimum absolute atomic E-state index is 0.226. The van der Waals surface area contributed by atoms with Crippen LogP contribution in [0.25, 0.3) is 10.6 Å². The molecule has 0 amide bonds. The van der Waals surface area contributed by atoms with Gasteiger partial charge in [0.2, 0.25) is 0 Å². The van der Waals surface area contributed by atoms with Gasteiger partial charge in [0.05, 0.1) is 11.8 Å². The molecule has 1 aromatic heterocycles. The van der Waals surface area contributed by atoms with Crippen LogP contribution in [-0.2, 0) is 6.54 Å². The van der Waals surface area contributed by atoms with Gasteiger partial charge in [0.1, 0.15) is 5.01 Å². The zero-order valence-corrected chi connectivity index (χ0v) is 13.8. The van der Waals surface area contributed by atoms with Crippen molar-refractivity contribution in [2.75, 3.05) is 6.54 Å². The first-order valence-electron chi connectivity index (χ1n) is 7.46. The Morgan fingerprint density at radius 3 is 2.62 bits per heavy atom. The number of benzene rings is 1. The van der Waals surface area contributed by atoms with E-state index >= 15 is 0 Å². The van der Waals surface area contributed by atoms with Gasteiger partial charge < -0.3 is 10.4 Å². The van der Waals surface area contributed by atoms with E-state index in [9.17, 15) is 5.11 Å². The van der Waals surface area contributed by atoms with Crippen molar-refractivity contribution in [3.63, 3.8) is 0 Å². The molecule has 1 heterocycles. The lowest BCUT2D eigenvalue weighted by atomic mass is 10.0. The molecule has 1 atom stereocenters. The van der Waals surface area contributed by atoms with Gasteiger partial charge in [-0.1, -0.05) is 43.7 Å². The van der Waals surface area contributed by atoms with E-state index in [4.69, 9.17) is 0 Å². The lowest BCUT2D eigenvalue weighted by molar-refractivity contribution is 0.116. The number of thiazole rings is 1. The first kappa shape index (κ1) is 16.1. The Kier molecular flexibility index (Phi) is 5.91. The summed E-state index contributed by atoms with van der Waals surface area (Å²) in [5.74, 6) is 0.319. The highest BCUT2D eigenvalue weighted by Crippen LogP contribution is 2.23. The quantitative estimate of drug-likeness (QED) is 0.768. The van der Waals surface area contributed by atoms with Crippen LogP contribution in [0.15, 0.2) is 29.6 Å². The van der Waals surface area contributed by atoms with Crippen LogP contribution < -0.4 is 5.32 Å². The Morgan fingerprint density at radius 2 is 1.95 bits per heavy atom. The van der Waals surface area contributed by atoms with Crippen LogP contribution >= 0.6 is 11.3 Å². The van der Waals surface area contributed by atoms with Gasteiger partial charge in [0.15, 0.2) is 0 Å². The standard InChI is InChI=1S/C17H24N2OS/c1-12(2)16(20)8-9-18-10-15-11-21-17(19-15)14-6-4-13(3)5-7-14/h4-7,11-12,16,18,20H,8-10H2,1-3H3. The Morgan fingerprint density at radius 1 is 1.24 bits per heavy atom. The lowest BCUT2D eigenvalue weighted by Crippen LogP contribution is -2.23. The molecule has 0 spiro atoms. The highest BCUT2D eigenvalue weighted by Gasteiger charge is 2.08. The highest BCUT2D eigenvalue weighted by atomic mass is 32.1. The first-order valence-corrected chi connectivity index (χ1v) is 8.34. The Hall–Kier alpha value is -1.23. The number of hydrogen-bond acceptors (Lipinski definition) is 4. The molecule has 1 unspecified atom stereocenters. The zero-order valence-electron chi connectivity index (χ0n) is 13.0. The summed E-state index contributed by atoms with van der Waals surface area (Å²) in [6.45, 7) is 7.74. The van der Waals surface area contributed by atoms with E-state index in [0.717, 1.165) is 30.2 Å². The second-order valence-electron chi connectivity index (χ2n) is 5.79. The fourth-order valence-electron chi connectivity index (χ4n) is 2.02. The monoisotopic (exact) mass is 304 g/mol. The molecule has 3 nitrogen and oxygen atoms in total. The molecule has 2 rings (SSSR count). The fraction of sp³-hybridized carbons (Fsp3) is 0.471. The van der Waals surface area contributed by atoms with E-state index in [0.29, 0.717) is 5.92 Å². The largest absolute Gasteiger partial charge is 0.393 e. The molecule has 4 heteroatoms. The van der Waals surface area contributed by atoms with Gasteiger partial charge >= 0.3 is 0 Å². The molecule has 0 radical (unpaired) electrons. The van der Waals surface area contributed by atoms with Crippen LogP contribution in [0.4, 0.5) is 0 Å². The topological polar surface area (TPSA) is 45.2 Å². The van der Waals surface area contributed by atoms with E-state index in [2.05, 4.69) is 46.9 Å². The van der Waals surface area contributed by atoms with Crippen molar-refractivity contribution in [2.45, 2.75) is 39.8 Å². The summed E-state index contributed by atoms with van der Waals surface area (Å²) in [5, 5.41) is 16.3. The molecule has 0 saturated heterocycles. The van der Waals surface area contributed by atoms with Crippen molar-refractivity contribution in [1.82, 2.24) is 10.3 Å². The maximum atomic E-state index is 9.75. The van der Waals surface area contributed by atoms with Crippen LogP contribution in [0.3, 0.4) is 0 Å². The van der Waals surface area contributed by atoms with E-state index in [-0.39, 0.29) is 6.10 Å². The Balaban J connectivity index is 1.82. The van der Waals surface area contributed by atoms with Gasteiger partial charge in [-0.15, -0.1) is 11.3 Å². The van der Waals surface area contributed by atoms with Crippen molar-refractivity contribution < 1.29 is 5.11 Å². The molecule has 21 heavy (non-hydrogen) atoms. The molecule has 0 aliphatic carbocycles. The second kappa shape index (κ2) is 7.69. The summed E-state index contributed by atoms with van der Waals surface area (Å²) in [6, 6.07) is 8.46. The second-order valence-corrected chi connectivity index (χ2v) is 6.64. The first-order chi connectivity index (χ1) is 10.1. The summed E-state index contributed by atoms with van der Waals surface area (Å²) < 4.78 is 0. The van der Waals surface area contributed by atoms with Crippen LogP contribution in [0.5, 0.6) is 0 Å². The van der Waals surface area contributed by atoms with Gasteiger partial charge in [-0.3, -0.25) is 0 Å². The van der Waals surface area contributed by atoms with E-state index < -0.39 is 0 Å². The molecule has 1 aromatic carbocycles. The Labute approximate surface area is 131 Å². The lowest BCUT2D eigenvalue weighted by Gasteiger charge is -2.14. The number of nitrogens with zero attached hydrogens (tertiary/aromatic N) is 1. The smallest absolute Gasteiger partial charge is 0.123 e. The maximum Gasteiger partial charge on any atom is 0.123 e. The average Bonchev–Trinajstić information content (AvgIpc) is 2.93. The summed E-state index contributed by atoms with van der Waals surface area (Å²) in [5.41, 5.74) is 3.50. The predicted octanol–water partition coefficient (Wildman–Crippen LogP) is 3.62. The number of rotatable bonds is 7. The zero-order chi connectivity index (χ0) is 15.2. The van der Waals surface area contributed by atoms with Gasteiger partial charge in [-0.2, -0.15) is 0 Å². The number of nitrogens with one attached hydrogen (secondary N) is 1. The third-order valence-electron chi connectivity index (χ3n) is 3.54. The molecule has 0 aliphatic rings. The molecule has 0 bridgehead atoms. The number of aliphatic hydroxyl groups is 1. The number of aromatic nitrogens is 1. The van der Waals surface area contributed by atoms with Gasteiger partial charge in [0, 0.05) is 17.5 Å². The number of aliphatic hydroxyl groups excluding tert-OH is 1. The van der Waals surface area contributed by atoms with Gasteiger partial charge in [0.25, 0.3) is 0 Å². The molecule has 0 saturated carbocycles. The minimum Gasteiger partial charge on any atom is -0.393 e. The number of hydrogen-bond donors (Lipinski definition) is 2. The van der Waals surface area contributed by atoms with Gasteiger partial charge in [-0.05, 0) is 25.8 Å². The molecule has 2 N–H and O–H groups in total. The third-order valence-corrected chi connectivity index (χ3v) is 4.48. The van der Waals surface area contributed by atoms with E-state index in [1.165, 1.54) is 11.1 Å². The summed E-state index contributed by atoms with van der Waals surface area (Å²) in [7, 11) is 0. The van der Waals surface area contributed by atoms with Crippen molar-refractivity contribution in [1.29, 1.82) is 0 Å². The summed E-state index contributed by atoms with van der Waals surface area (Å²) in [4.78, 5) is 4.66. The van der Waals surface area contributed by atoms with E-state index in [1.54, 1.807) is 11.3 Å². The van der Waals surface area contributed by atoms with Gasteiger partial charge in [-0.25, -0.2) is 4.98 Å². The fourth-order valence-corrected chi connectivity index (χ4v) is 2.84. The number of aryl methyl sites for hydroxylation is 1. The van der Waals surface area contributed by atoms with Crippen LogP contribution in [0.2, 0.25) is 0 Å². The van der Waals surface area contributed by atoms with Crippen molar-refractivity contribution in [3.05, 3.63) is 40.9 Å². The van der Waals surface area contributed by atoms with Crippen molar-refractivity contribution >= 4 is 11.3 Å². The van der Waals surface area contributed by atoms with Crippen LogP contribution in [0, 0.1) is 12.8 Å². The van der Waals surface area contributed by atoms with Crippen molar-refractivity contribution in [3.8, 4) is 10.6 Å². The van der Waals surface area contributed by atoms with Crippen LogP contribution in [0.1, 0.15) is 31.5 Å². The van der Waals surface area contributed by atoms with Crippen LogP contribution in [-0.4, -0.2) is 22.7 Å². The average molecular weight is 304 g/mol. The third kappa shape index (κ3) is 4.92. The SMILES string of the molecule is Cc1ccc(-c2nc(CNCCC(O)C(C)C)cs2)cc1. The normalized spacial score (nSPS) is 12.8. The molecule has 114 valence electrons. The molecule has 0 fully saturated rings. The minimum atomic E-state index is -0.226. The maximum absolute atomic E-state index is 9.75. The van der Waals surface area contributed by atoms with E-state index in [1.807, 2.05) is 13.8 Å². The molecular formula is C17H24N2OS. The Bertz CT molecular complexity index is 548. The summed E-state index contributed by atoms with van der Waals surface area (Å²) in [6.07, 6.45) is 0.558. The summed E-state index contributed by atoms with van der Waals surface area (Å²) >= 11 is 1.68. The highest BCUT2D eigenvalue weighted by molar-refractivity contribution is 7.13. The van der Waals surface area contributed by atoms with Crippen molar-refractivity contribution in [2.24, 2.45) is 5.92 Å². The molecule has 0 aliphatic heterocycles. The molecular weight excluding hydrogens is 280 g/mol. The molecule has 2 aromatic rings.